The van der Waals surface area contributed by atoms with Crippen LogP contribution >= 0.6 is 11.3 Å². The molecule has 0 bridgehead atoms. The summed E-state index contributed by atoms with van der Waals surface area (Å²) >= 11 is 1.62. The second kappa shape index (κ2) is 6.71. The summed E-state index contributed by atoms with van der Waals surface area (Å²) in [7, 11) is 1.79. The molecule has 5 heteroatoms. The molecule has 0 fully saturated rings. The number of aryl methyl sites for hydroxylation is 1. The van der Waals surface area contributed by atoms with Crippen LogP contribution in [0.15, 0.2) is 6.20 Å². The number of unbranched alkanes of at least 4 members (excludes halogenated alkanes) is 1. The van der Waals surface area contributed by atoms with E-state index in [1.165, 1.54) is 0 Å². The number of nitrogens with zero attached hydrogens (tertiary/aromatic N) is 2. The predicted octanol–water partition coefficient (Wildman–Crippen LogP) is 1.93. The minimum atomic E-state index is -0.367. The smallest absolute Gasteiger partial charge is 0.239 e. The Labute approximate surface area is 107 Å². The Morgan fingerprint density at radius 2 is 2.35 bits per heavy atom. The fourth-order valence-corrected chi connectivity index (χ4v) is 2.47. The van der Waals surface area contributed by atoms with Gasteiger partial charge < -0.3 is 10.6 Å². The van der Waals surface area contributed by atoms with Crippen molar-refractivity contribution in [3.63, 3.8) is 0 Å². The second-order valence-corrected chi connectivity index (χ2v) is 5.61. The molecule has 0 radical (unpaired) electrons. The van der Waals surface area contributed by atoms with Crippen molar-refractivity contribution in [2.45, 2.75) is 45.7 Å². The van der Waals surface area contributed by atoms with Crippen molar-refractivity contribution in [1.82, 2.24) is 9.88 Å². The molecular formula is C12H21N3OS. The number of hydrogen-bond donors (Lipinski definition) is 1. The molecule has 0 aliphatic heterocycles. The summed E-state index contributed by atoms with van der Waals surface area (Å²) in [6.07, 6.45) is 4.65. The molecule has 0 saturated carbocycles. The molecule has 1 aromatic heterocycles. The topological polar surface area (TPSA) is 59.2 Å². The average molecular weight is 255 g/mol. The van der Waals surface area contributed by atoms with Gasteiger partial charge in [0.2, 0.25) is 5.91 Å². The van der Waals surface area contributed by atoms with Crippen LogP contribution in [0.4, 0.5) is 0 Å². The van der Waals surface area contributed by atoms with Crippen molar-refractivity contribution in [2.75, 3.05) is 7.05 Å². The lowest BCUT2D eigenvalue weighted by Gasteiger charge is -2.20. The van der Waals surface area contributed by atoms with Gasteiger partial charge in [0.25, 0.3) is 0 Å². The molecule has 96 valence electrons. The van der Waals surface area contributed by atoms with E-state index in [9.17, 15) is 4.79 Å². The first-order valence-electron chi connectivity index (χ1n) is 5.96. The van der Waals surface area contributed by atoms with Crippen molar-refractivity contribution in [3.8, 4) is 0 Å². The molecule has 2 N–H and O–H groups in total. The molecule has 0 saturated heterocycles. The van der Waals surface area contributed by atoms with Gasteiger partial charge >= 0.3 is 0 Å². The molecule has 1 atom stereocenters. The van der Waals surface area contributed by atoms with Crippen molar-refractivity contribution < 1.29 is 4.79 Å². The molecule has 4 nitrogen and oxygen atoms in total. The Bertz CT molecular complexity index is 364. The fourth-order valence-electron chi connectivity index (χ4n) is 1.62. The zero-order chi connectivity index (χ0) is 12.8. The molecule has 0 aromatic carbocycles. The zero-order valence-corrected chi connectivity index (χ0v) is 11.6. The largest absolute Gasteiger partial charge is 0.339 e. The van der Waals surface area contributed by atoms with Gasteiger partial charge in [-0.2, -0.15) is 0 Å². The van der Waals surface area contributed by atoms with Gasteiger partial charge in [0, 0.05) is 18.1 Å². The number of nitrogens with two attached hydrogens (primary N) is 1. The number of rotatable bonds is 6. The van der Waals surface area contributed by atoms with E-state index in [4.69, 9.17) is 5.73 Å². The van der Waals surface area contributed by atoms with Crippen LogP contribution in [0.5, 0.6) is 0 Å². The van der Waals surface area contributed by atoms with Crippen LogP contribution in [0.25, 0.3) is 0 Å². The summed E-state index contributed by atoms with van der Waals surface area (Å²) in [5, 5.41) is 1.02. The SMILES string of the molecule is CCCC[C@H](N)C(=O)N(C)Cc1cnc(C)s1. The van der Waals surface area contributed by atoms with Crippen LogP contribution in [0, 0.1) is 6.92 Å². The van der Waals surface area contributed by atoms with Crippen molar-refractivity contribution in [1.29, 1.82) is 0 Å². The monoisotopic (exact) mass is 255 g/mol. The highest BCUT2D eigenvalue weighted by Crippen LogP contribution is 2.14. The van der Waals surface area contributed by atoms with Gasteiger partial charge in [-0.3, -0.25) is 4.79 Å². The lowest BCUT2D eigenvalue weighted by Crippen LogP contribution is -2.41. The first kappa shape index (κ1) is 14.1. The maximum absolute atomic E-state index is 11.9. The van der Waals surface area contributed by atoms with E-state index in [0.29, 0.717) is 6.54 Å². The summed E-state index contributed by atoms with van der Waals surface area (Å²) in [6.45, 7) is 4.66. The molecular weight excluding hydrogens is 234 g/mol. The highest BCUT2D eigenvalue weighted by atomic mass is 32.1. The van der Waals surface area contributed by atoms with Crippen LogP contribution in [0.3, 0.4) is 0 Å². The van der Waals surface area contributed by atoms with Crippen LogP contribution < -0.4 is 5.73 Å². The van der Waals surface area contributed by atoms with Gasteiger partial charge in [-0.1, -0.05) is 19.8 Å². The highest BCUT2D eigenvalue weighted by Gasteiger charge is 2.17. The van der Waals surface area contributed by atoms with E-state index in [0.717, 1.165) is 29.1 Å². The highest BCUT2D eigenvalue weighted by molar-refractivity contribution is 7.11. The zero-order valence-electron chi connectivity index (χ0n) is 10.8. The van der Waals surface area contributed by atoms with Gasteiger partial charge in [-0.05, 0) is 13.3 Å². The average Bonchev–Trinajstić information content (AvgIpc) is 2.70. The fraction of sp³-hybridized carbons (Fsp3) is 0.667. The molecule has 1 rings (SSSR count). The minimum Gasteiger partial charge on any atom is -0.339 e. The van der Waals surface area contributed by atoms with Crippen LogP contribution in [0.2, 0.25) is 0 Å². The first-order chi connectivity index (χ1) is 8.04. The van der Waals surface area contributed by atoms with Crippen molar-refractivity contribution in [2.24, 2.45) is 5.73 Å². The Kier molecular flexibility index (Phi) is 5.58. The molecule has 0 aliphatic carbocycles. The van der Waals surface area contributed by atoms with Gasteiger partial charge in [0.05, 0.1) is 17.6 Å². The van der Waals surface area contributed by atoms with Crippen LogP contribution in [-0.4, -0.2) is 28.9 Å². The van der Waals surface area contributed by atoms with E-state index in [1.807, 2.05) is 13.1 Å². The Morgan fingerprint density at radius 3 is 2.88 bits per heavy atom. The summed E-state index contributed by atoms with van der Waals surface area (Å²) in [5.74, 6) is 0.0181. The van der Waals surface area contributed by atoms with E-state index < -0.39 is 0 Å². The quantitative estimate of drug-likeness (QED) is 0.845. The maximum Gasteiger partial charge on any atom is 0.239 e. The number of carbonyl (C=O) groups is 1. The number of thiazole rings is 1. The van der Waals surface area contributed by atoms with Crippen LogP contribution in [0.1, 0.15) is 36.1 Å². The Hall–Kier alpha value is -0.940. The maximum atomic E-state index is 11.9. The molecule has 1 amide bonds. The minimum absolute atomic E-state index is 0.0181. The number of carbonyl (C=O) groups excluding carboxylic acids is 1. The summed E-state index contributed by atoms with van der Waals surface area (Å²) in [6, 6.07) is -0.367. The first-order valence-corrected chi connectivity index (χ1v) is 6.78. The third-order valence-electron chi connectivity index (χ3n) is 2.62. The third-order valence-corrected chi connectivity index (χ3v) is 3.52. The lowest BCUT2D eigenvalue weighted by molar-refractivity contribution is -0.131. The third kappa shape index (κ3) is 4.44. The van der Waals surface area contributed by atoms with E-state index >= 15 is 0 Å². The van der Waals surface area contributed by atoms with Gasteiger partial charge in [-0.25, -0.2) is 4.98 Å². The van der Waals surface area contributed by atoms with E-state index in [2.05, 4.69) is 11.9 Å². The summed E-state index contributed by atoms with van der Waals surface area (Å²) < 4.78 is 0. The van der Waals surface area contributed by atoms with Crippen LogP contribution in [-0.2, 0) is 11.3 Å². The molecule has 0 spiro atoms. The number of amides is 1. The van der Waals surface area contributed by atoms with Gasteiger partial charge in [0.15, 0.2) is 0 Å². The second-order valence-electron chi connectivity index (χ2n) is 4.29. The van der Waals surface area contributed by atoms with Crippen molar-refractivity contribution >= 4 is 17.2 Å². The Morgan fingerprint density at radius 1 is 1.65 bits per heavy atom. The molecule has 1 aromatic rings. The molecule has 1 heterocycles. The predicted molar refractivity (Wildman–Crippen MR) is 70.8 cm³/mol. The summed E-state index contributed by atoms with van der Waals surface area (Å²) in [4.78, 5) is 18.9. The number of likely N-dealkylation sites (N-methyl/N-ethyl adjacent to an activating group) is 1. The normalized spacial score (nSPS) is 12.5. The van der Waals surface area contributed by atoms with Gasteiger partial charge in [0.1, 0.15) is 0 Å². The van der Waals surface area contributed by atoms with Gasteiger partial charge in [-0.15, -0.1) is 11.3 Å². The summed E-state index contributed by atoms with van der Waals surface area (Å²) in [5.41, 5.74) is 5.86. The molecule has 0 unspecified atom stereocenters. The van der Waals surface area contributed by atoms with Crippen molar-refractivity contribution in [3.05, 3.63) is 16.1 Å². The standard InChI is InChI=1S/C12H21N3OS/c1-4-5-6-11(13)12(16)15(3)8-10-7-14-9(2)17-10/h7,11H,4-6,8,13H2,1-3H3/t11-/m0/s1. The molecule has 0 aliphatic rings. The Balaban J connectivity index is 2.46. The van der Waals surface area contributed by atoms with E-state index in [1.54, 1.807) is 23.3 Å². The van der Waals surface area contributed by atoms with E-state index in [-0.39, 0.29) is 11.9 Å². The molecule has 17 heavy (non-hydrogen) atoms. The lowest BCUT2D eigenvalue weighted by atomic mass is 10.1. The number of hydrogen-bond acceptors (Lipinski definition) is 4. The number of aromatic nitrogens is 1.